The van der Waals surface area contributed by atoms with E-state index in [0.29, 0.717) is 0 Å². The van der Waals surface area contributed by atoms with Crippen LogP contribution in [0.2, 0.25) is 0 Å². The summed E-state index contributed by atoms with van der Waals surface area (Å²) in [4.78, 5) is 0. The van der Waals surface area contributed by atoms with Gasteiger partial charge in [0.1, 0.15) is 0 Å². The van der Waals surface area contributed by atoms with Gasteiger partial charge >= 0.3 is 0 Å². The lowest BCUT2D eigenvalue weighted by atomic mass is 9.61. The number of fused-ring (bicyclic) bond motifs is 1. The summed E-state index contributed by atoms with van der Waals surface area (Å²) in [5, 5.41) is 0. The highest BCUT2D eigenvalue weighted by Crippen LogP contribution is 2.75. The molecule has 0 radical (unpaired) electrons. The average molecular weight is 411 g/mol. The van der Waals surface area contributed by atoms with Crippen LogP contribution >= 0.6 is 0 Å². The van der Waals surface area contributed by atoms with E-state index in [1.165, 1.54) is 44.5 Å². The third-order valence-corrected chi connectivity index (χ3v) is 7.54. The van der Waals surface area contributed by atoms with E-state index in [-0.39, 0.29) is 10.8 Å². The molecule has 0 nitrogen and oxygen atoms in total. The summed E-state index contributed by atoms with van der Waals surface area (Å²) >= 11 is 0. The van der Waals surface area contributed by atoms with Crippen molar-refractivity contribution in [3.63, 3.8) is 0 Å². The SMILES string of the molecule is CC1=CC(c2ccccc2)(C2(C)C(c3ccccc3)=C2c2ccccc2)c2ccccc21. The average Bonchev–Trinajstić information content (AvgIpc) is 3.39. The van der Waals surface area contributed by atoms with Crippen molar-refractivity contribution in [1.29, 1.82) is 0 Å². The lowest BCUT2D eigenvalue weighted by Crippen LogP contribution is -2.36. The van der Waals surface area contributed by atoms with Crippen molar-refractivity contribution in [1.82, 2.24) is 0 Å². The third kappa shape index (κ3) is 2.44. The monoisotopic (exact) mass is 410 g/mol. The molecule has 0 fully saturated rings. The van der Waals surface area contributed by atoms with E-state index < -0.39 is 0 Å². The molecule has 2 aliphatic carbocycles. The Morgan fingerprint density at radius 1 is 0.531 bits per heavy atom. The van der Waals surface area contributed by atoms with Crippen LogP contribution in [0.3, 0.4) is 0 Å². The molecule has 0 aliphatic heterocycles. The predicted molar refractivity (Wildman–Crippen MR) is 135 cm³/mol. The zero-order chi connectivity index (χ0) is 21.8. The van der Waals surface area contributed by atoms with Crippen LogP contribution in [-0.4, -0.2) is 0 Å². The van der Waals surface area contributed by atoms with Crippen LogP contribution in [0.25, 0.3) is 16.7 Å². The molecule has 0 N–H and O–H groups in total. The summed E-state index contributed by atoms with van der Waals surface area (Å²) in [6.45, 7) is 4.72. The minimum atomic E-state index is -0.245. The van der Waals surface area contributed by atoms with Gasteiger partial charge in [0.15, 0.2) is 0 Å². The van der Waals surface area contributed by atoms with E-state index in [9.17, 15) is 0 Å². The molecule has 6 rings (SSSR count). The lowest BCUT2D eigenvalue weighted by molar-refractivity contribution is 0.462. The molecule has 0 heterocycles. The number of benzene rings is 4. The van der Waals surface area contributed by atoms with E-state index in [1.807, 2.05) is 0 Å². The van der Waals surface area contributed by atoms with Gasteiger partial charge in [0.2, 0.25) is 0 Å². The van der Waals surface area contributed by atoms with Crippen LogP contribution in [0.4, 0.5) is 0 Å². The Balaban J connectivity index is 1.67. The summed E-state index contributed by atoms with van der Waals surface area (Å²) in [5.74, 6) is 0. The minimum absolute atomic E-state index is 0.148. The first-order chi connectivity index (χ1) is 15.7. The molecular weight excluding hydrogens is 384 g/mol. The van der Waals surface area contributed by atoms with Crippen LogP contribution in [0.15, 0.2) is 121 Å². The molecule has 0 bridgehead atoms. The van der Waals surface area contributed by atoms with E-state index in [1.54, 1.807) is 0 Å². The molecule has 0 heteroatoms. The molecular formula is C32H26. The molecule has 0 saturated carbocycles. The molecule has 1 unspecified atom stereocenters. The Morgan fingerprint density at radius 3 is 1.56 bits per heavy atom. The largest absolute Gasteiger partial charge is 0.0648 e. The quantitative estimate of drug-likeness (QED) is 0.319. The maximum Gasteiger partial charge on any atom is 0.0528 e. The highest BCUT2D eigenvalue weighted by molar-refractivity contribution is 6.17. The van der Waals surface area contributed by atoms with Gasteiger partial charge in [-0.25, -0.2) is 0 Å². The van der Waals surface area contributed by atoms with Gasteiger partial charge < -0.3 is 0 Å². The third-order valence-electron chi connectivity index (χ3n) is 7.54. The minimum Gasteiger partial charge on any atom is -0.0648 e. The van der Waals surface area contributed by atoms with Crippen molar-refractivity contribution in [2.45, 2.75) is 19.3 Å². The molecule has 4 aromatic rings. The number of rotatable bonds is 4. The number of hydrogen-bond acceptors (Lipinski definition) is 0. The summed E-state index contributed by atoms with van der Waals surface area (Å²) in [6.07, 6.45) is 2.53. The number of hydrogen-bond donors (Lipinski definition) is 0. The first-order valence-electron chi connectivity index (χ1n) is 11.4. The molecule has 1 atom stereocenters. The summed E-state index contributed by atoms with van der Waals surface area (Å²) < 4.78 is 0. The lowest BCUT2D eigenvalue weighted by Gasteiger charge is -2.39. The fraction of sp³-hybridized carbons (Fsp3) is 0.125. The van der Waals surface area contributed by atoms with Crippen LogP contribution in [0, 0.1) is 5.41 Å². The zero-order valence-electron chi connectivity index (χ0n) is 18.5. The maximum atomic E-state index is 2.53. The maximum absolute atomic E-state index is 2.53. The molecule has 154 valence electrons. The van der Waals surface area contributed by atoms with Gasteiger partial charge in [-0.15, -0.1) is 0 Å². The normalized spacial score (nSPS) is 20.6. The highest BCUT2D eigenvalue weighted by Gasteiger charge is 2.65. The molecule has 32 heavy (non-hydrogen) atoms. The van der Waals surface area contributed by atoms with E-state index in [4.69, 9.17) is 0 Å². The van der Waals surface area contributed by atoms with Gasteiger partial charge in [0.25, 0.3) is 0 Å². The van der Waals surface area contributed by atoms with Gasteiger partial charge in [-0.05, 0) is 58.4 Å². The van der Waals surface area contributed by atoms with Crippen molar-refractivity contribution in [3.05, 3.63) is 149 Å². The van der Waals surface area contributed by atoms with Crippen LogP contribution < -0.4 is 0 Å². The molecule has 0 aromatic heterocycles. The van der Waals surface area contributed by atoms with Crippen LogP contribution in [0.5, 0.6) is 0 Å². The first-order valence-corrected chi connectivity index (χ1v) is 11.4. The van der Waals surface area contributed by atoms with Crippen molar-refractivity contribution >= 4 is 16.7 Å². The Labute approximate surface area is 190 Å². The Hall–Kier alpha value is -3.64. The standard InChI is InChI=1S/C32H26/c1-23-22-32(26-18-10-5-11-19-26,28-21-13-12-20-27(23)28)31(2)29(24-14-6-3-7-15-24)30(31)25-16-8-4-9-17-25/h3-22H,1-2H3. The Bertz CT molecular complexity index is 1310. The van der Waals surface area contributed by atoms with Gasteiger partial charge in [-0.3, -0.25) is 0 Å². The zero-order valence-corrected chi connectivity index (χ0v) is 18.5. The van der Waals surface area contributed by atoms with Gasteiger partial charge in [-0.1, -0.05) is 121 Å². The molecule has 2 aliphatic rings. The topological polar surface area (TPSA) is 0 Å². The van der Waals surface area contributed by atoms with Gasteiger partial charge in [0.05, 0.1) is 5.41 Å². The van der Waals surface area contributed by atoms with E-state index in [2.05, 4.69) is 135 Å². The van der Waals surface area contributed by atoms with Gasteiger partial charge in [0, 0.05) is 5.41 Å². The van der Waals surface area contributed by atoms with Crippen molar-refractivity contribution in [2.75, 3.05) is 0 Å². The van der Waals surface area contributed by atoms with E-state index >= 15 is 0 Å². The summed E-state index contributed by atoms with van der Waals surface area (Å²) in [5.41, 5.74) is 10.6. The second-order valence-corrected chi connectivity index (χ2v) is 9.15. The Kier molecular flexibility index (Phi) is 4.13. The van der Waals surface area contributed by atoms with E-state index in [0.717, 1.165) is 0 Å². The van der Waals surface area contributed by atoms with Crippen LogP contribution in [-0.2, 0) is 5.41 Å². The molecule has 0 spiro atoms. The number of allylic oxidation sites excluding steroid dienone is 4. The fourth-order valence-corrected chi connectivity index (χ4v) is 6.14. The molecule has 0 saturated heterocycles. The smallest absolute Gasteiger partial charge is 0.0528 e. The first kappa shape index (κ1) is 19.1. The van der Waals surface area contributed by atoms with Crippen molar-refractivity contribution in [2.24, 2.45) is 5.41 Å². The second-order valence-electron chi connectivity index (χ2n) is 9.15. The van der Waals surface area contributed by atoms with Gasteiger partial charge in [-0.2, -0.15) is 0 Å². The summed E-state index contributed by atoms with van der Waals surface area (Å²) in [7, 11) is 0. The fourth-order valence-electron chi connectivity index (χ4n) is 6.14. The van der Waals surface area contributed by atoms with Crippen molar-refractivity contribution in [3.8, 4) is 0 Å². The predicted octanol–water partition coefficient (Wildman–Crippen LogP) is 8.02. The Morgan fingerprint density at radius 2 is 1.00 bits per heavy atom. The summed E-state index contributed by atoms with van der Waals surface area (Å²) in [6, 6.07) is 41.9. The van der Waals surface area contributed by atoms with Crippen molar-refractivity contribution < 1.29 is 0 Å². The second kappa shape index (κ2) is 6.93. The highest BCUT2D eigenvalue weighted by atomic mass is 14.7. The molecule has 0 amide bonds. The molecule has 4 aromatic carbocycles. The van der Waals surface area contributed by atoms with Crippen LogP contribution in [0.1, 0.15) is 41.7 Å².